The van der Waals surface area contributed by atoms with E-state index in [0.29, 0.717) is 36.6 Å². The molecule has 1 N–H and O–H groups in total. The maximum Gasteiger partial charge on any atom is 0.237 e. The minimum Gasteiger partial charge on any atom is -0.353 e. The van der Waals surface area contributed by atoms with E-state index in [1.807, 2.05) is 24.3 Å². The van der Waals surface area contributed by atoms with Gasteiger partial charge in [-0.25, -0.2) is 0 Å². The van der Waals surface area contributed by atoms with Gasteiger partial charge in [-0.15, -0.1) is 11.8 Å². The number of nitrogens with one attached hydrogen (secondary N) is 1. The highest BCUT2D eigenvalue weighted by Gasteiger charge is 2.42. The maximum absolute atomic E-state index is 12.3. The molecule has 3 aliphatic rings. The molecular weight excluding hydrogens is 308 g/mol. The maximum atomic E-state index is 12.3. The number of carbonyl (C=O) groups excluding carboxylic acids is 2. The second-order valence-corrected chi connectivity index (χ2v) is 7.84. The third-order valence-corrected chi connectivity index (χ3v) is 6.01. The highest BCUT2D eigenvalue weighted by Crippen LogP contribution is 2.44. The molecular formula is C18H22N2O2S. The Labute approximate surface area is 141 Å². The smallest absolute Gasteiger partial charge is 0.237 e. The number of anilines is 1. The molecule has 4 rings (SSSR count). The van der Waals surface area contributed by atoms with Crippen LogP contribution >= 0.6 is 11.8 Å². The van der Waals surface area contributed by atoms with Crippen molar-refractivity contribution in [1.82, 2.24) is 5.32 Å². The Morgan fingerprint density at radius 3 is 2.61 bits per heavy atom. The molecule has 0 aromatic heterocycles. The molecule has 5 heteroatoms. The molecule has 2 fully saturated rings. The van der Waals surface area contributed by atoms with Gasteiger partial charge in [0.05, 0.1) is 11.4 Å². The minimum atomic E-state index is 0.0947. The van der Waals surface area contributed by atoms with E-state index in [-0.39, 0.29) is 11.8 Å². The van der Waals surface area contributed by atoms with Crippen LogP contribution in [0.25, 0.3) is 0 Å². The predicted octanol–water partition coefficient (Wildman–Crippen LogP) is 2.82. The monoisotopic (exact) mass is 330 g/mol. The number of fused-ring (bicyclic) bond motifs is 1. The van der Waals surface area contributed by atoms with Crippen LogP contribution in [0.15, 0.2) is 29.2 Å². The Balaban J connectivity index is 1.36. The molecule has 0 spiro atoms. The fraction of sp³-hybridized carbons (Fsp3) is 0.556. The summed E-state index contributed by atoms with van der Waals surface area (Å²) in [5.74, 6) is 2.07. The molecule has 0 bridgehead atoms. The summed E-state index contributed by atoms with van der Waals surface area (Å²) in [6, 6.07) is 8.33. The lowest BCUT2D eigenvalue weighted by Gasteiger charge is -2.29. The highest BCUT2D eigenvalue weighted by molar-refractivity contribution is 8.00. The summed E-state index contributed by atoms with van der Waals surface area (Å²) in [5.41, 5.74) is 0.947. The normalized spacial score (nSPS) is 20.6. The van der Waals surface area contributed by atoms with Crippen molar-refractivity contribution in [2.24, 2.45) is 11.8 Å². The lowest BCUT2D eigenvalue weighted by molar-refractivity contribution is -0.122. The molecule has 1 aromatic rings. The van der Waals surface area contributed by atoms with Crippen LogP contribution in [0.1, 0.15) is 32.1 Å². The summed E-state index contributed by atoms with van der Waals surface area (Å²) in [7, 11) is 0. The summed E-state index contributed by atoms with van der Waals surface area (Å²) >= 11 is 1.58. The van der Waals surface area contributed by atoms with Crippen molar-refractivity contribution in [2.75, 3.05) is 17.2 Å². The van der Waals surface area contributed by atoms with Gasteiger partial charge in [0.25, 0.3) is 0 Å². The summed E-state index contributed by atoms with van der Waals surface area (Å²) in [4.78, 5) is 27.4. The average molecular weight is 330 g/mol. The molecule has 4 nitrogen and oxygen atoms in total. The fourth-order valence-electron chi connectivity index (χ4n) is 3.40. The van der Waals surface area contributed by atoms with Crippen LogP contribution < -0.4 is 10.2 Å². The Morgan fingerprint density at radius 1 is 1.22 bits per heavy atom. The molecule has 122 valence electrons. The minimum absolute atomic E-state index is 0.0947. The number of para-hydroxylation sites is 1. The summed E-state index contributed by atoms with van der Waals surface area (Å²) in [5, 5.41) is 3.24. The van der Waals surface area contributed by atoms with Crippen molar-refractivity contribution < 1.29 is 9.59 Å². The largest absolute Gasteiger partial charge is 0.353 e. The zero-order valence-corrected chi connectivity index (χ0v) is 14.0. The van der Waals surface area contributed by atoms with Crippen molar-refractivity contribution >= 4 is 29.3 Å². The van der Waals surface area contributed by atoms with Crippen LogP contribution in [0, 0.1) is 11.8 Å². The van der Waals surface area contributed by atoms with Crippen molar-refractivity contribution in [3.05, 3.63) is 24.3 Å². The predicted molar refractivity (Wildman–Crippen MR) is 91.5 cm³/mol. The van der Waals surface area contributed by atoms with E-state index >= 15 is 0 Å². The average Bonchev–Trinajstić information content (AvgIpc) is 3.45. The van der Waals surface area contributed by atoms with Crippen molar-refractivity contribution in [1.29, 1.82) is 0 Å². The van der Waals surface area contributed by atoms with Crippen LogP contribution in [0.4, 0.5) is 5.69 Å². The van der Waals surface area contributed by atoms with Crippen molar-refractivity contribution in [2.45, 2.75) is 43.0 Å². The molecule has 0 radical (unpaired) electrons. The summed E-state index contributed by atoms with van der Waals surface area (Å²) in [6.07, 6.45) is 5.43. The van der Waals surface area contributed by atoms with E-state index in [1.165, 1.54) is 25.7 Å². The second kappa shape index (κ2) is 6.19. The number of hydrogen-bond donors (Lipinski definition) is 1. The molecule has 2 amide bonds. The quantitative estimate of drug-likeness (QED) is 0.872. The second-order valence-electron chi connectivity index (χ2n) is 6.82. The third-order valence-electron chi connectivity index (χ3n) is 4.96. The Morgan fingerprint density at radius 2 is 1.91 bits per heavy atom. The zero-order valence-electron chi connectivity index (χ0n) is 13.2. The molecule has 1 aromatic carbocycles. The van der Waals surface area contributed by atoms with Gasteiger partial charge in [-0.05, 0) is 49.7 Å². The van der Waals surface area contributed by atoms with Gasteiger partial charge in [0.1, 0.15) is 0 Å². The molecule has 1 aliphatic heterocycles. The molecule has 1 heterocycles. The van der Waals surface area contributed by atoms with Gasteiger partial charge < -0.3 is 10.2 Å². The van der Waals surface area contributed by atoms with Crippen LogP contribution in [-0.2, 0) is 9.59 Å². The van der Waals surface area contributed by atoms with Gasteiger partial charge in [-0.3, -0.25) is 9.59 Å². The summed E-state index contributed by atoms with van der Waals surface area (Å²) in [6.45, 7) is 0.476. The Hall–Kier alpha value is -1.49. The third kappa shape index (κ3) is 3.39. The lowest BCUT2D eigenvalue weighted by atomic mass is 10.1. The van der Waals surface area contributed by atoms with E-state index in [2.05, 4.69) is 5.32 Å². The lowest BCUT2D eigenvalue weighted by Crippen LogP contribution is -2.42. The highest BCUT2D eigenvalue weighted by atomic mass is 32.2. The van der Waals surface area contributed by atoms with E-state index < -0.39 is 0 Å². The van der Waals surface area contributed by atoms with E-state index in [0.717, 1.165) is 10.6 Å². The van der Waals surface area contributed by atoms with Gasteiger partial charge in [0.15, 0.2) is 0 Å². The van der Waals surface area contributed by atoms with Crippen molar-refractivity contribution in [3.63, 3.8) is 0 Å². The van der Waals surface area contributed by atoms with E-state index in [1.54, 1.807) is 16.7 Å². The van der Waals surface area contributed by atoms with Crippen LogP contribution in [-0.4, -0.2) is 30.2 Å². The number of thioether (sulfide) groups is 1. The number of amides is 2. The van der Waals surface area contributed by atoms with Crippen LogP contribution in [0.5, 0.6) is 0 Å². The summed E-state index contributed by atoms with van der Waals surface area (Å²) < 4.78 is 0. The van der Waals surface area contributed by atoms with Crippen LogP contribution in [0.3, 0.4) is 0 Å². The number of hydrogen-bond acceptors (Lipinski definition) is 3. The number of carbonyl (C=O) groups is 2. The first-order valence-electron chi connectivity index (χ1n) is 8.54. The molecule has 0 unspecified atom stereocenters. The van der Waals surface area contributed by atoms with Gasteiger partial charge in [0, 0.05) is 23.9 Å². The fourth-order valence-corrected chi connectivity index (χ4v) is 4.34. The number of benzene rings is 1. The van der Waals surface area contributed by atoms with Gasteiger partial charge in [-0.2, -0.15) is 0 Å². The van der Waals surface area contributed by atoms with Gasteiger partial charge in [-0.1, -0.05) is 12.1 Å². The zero-order chi connectivity index (χ0) is 15.8. The molecule has 0 saturated heterocycles. The number of nitrogens with zero attached hydrogens (tertiary/aromatic N) is 1. The standard InChI is InChI=1S/C18H22N2O2S/c21-16(19-18(12-5-6-12)13-7-8-13)9-10-20-14-3-1-2-4-15(14)23-11-17(20)22/h1-4,12-13,18H,5-11H2,(H,19,21). The Bertz CT molecular complexity index is 613. The first kappa shape index (κ1) is 15.1. The van der Waals surface area contributed by atoms with Gasteiger partial charge >= 0.3 is 0 Å². The molecule has 2 aliphatic carbocycles. The van der Waals surface area contributed by atoms with Crippen molar-refractivity contribution in [3.8, 4) is 0 Å². The van der Waals surface area contributed by atoms with E-state index in [4.69, 9.17) is 0 Å². The first-order valence-corrected chi connectivity index (χ1v) is 9.52. The molecule has 0 atom stereocenters. The SMILES string of the molecule is O=C(CCN1C(=O)CSc2ccccc21)NC(C1CC1)C1CC1. The van der Waals surface area contributed by atoms with Crippen LogP contribution in [0.2, 0.25) is 0 Å². The topological polar surface area (TPSA) is 49.4 Å². The number of rotatable bonds is 6. The Kier molecular flexibility index (Phi) is 4.05. The first-order chi connectivity index (χ1) is 11.2. The van der Waals surface area contributed by atoms with E-state index in [9.17, 15) is 9.59 Å². The van der Waals surface area contributed by atoms with Gasteiger partial charge in [0.2, 0.25) is 11.8 Å². The molecule has 23 heavy (non-hydrogen) atoms. The molecule has 2 saturated carbocycles.